The highest BCUT2D eigenvalue weighted by molar-refractivity contribution is 7.11. The zero-order chi connectivity index (χ0) is 16.9. The molecule has 1 aromatic carbocycles. The third-order valence-corrected chi connectivity index (χ3v) is 4.92. The van der Waals surface area contributed by atoms with E-state index in [1.807, 2.05) is 37.2 Å². The zero-order valence-electron chi connectivity index (χ0n) is 14.0. The van der Waals surface area contributed by atoms with Crippen LogP contribution in [0.4, 0.5) is 4.79 Å². The van der Waals surface area contributed by atoms with Gasteiger partial charge >= 0.3 is 6.03 Å². The lowest BCUT2D eigenvalue weighted by Crippen LogP contribution is -2.40. The number of amides is 2. The standard InChI is InChI=1S/C18H22N4OS/c1-3-22(12-14-4-5-16-15(10-14)6-8-19-16)18(23)20-9-7-17-21-11-13(2)24-17/h4-6,8,10-11,19H,3,7,9,12H2,1-2H3,(H,20,23). The average molecular weight is 342 g/mol. The lowest BCUT2D eigenvalue weighted by Gasteiger charge is -2.21. The van der Waals surface area contributed by atoms with E-state index >= 15 is 0 Å². The van der Waals surface area contributed by atoms with Crippen LogP contribution in [0.15, 0.2) is 36.7 Å². The molecule has 5 nitrogen and oxygen atoms in total. The Kier molecular flexibility index (Phi) is 5.15. The fourth-order valence-electron chi connectivity index (χ4n) is 2.65. The summed E-state index contributed by atoms with van der Waals surface area (Å²) in [7, 11) is 0. The number of hydrogen-bond acceptors (Lipinski definition) is 3. The summed E-state index contributed by atoms with van der Waals surface area (Å²) in [4.78, 5) is 22.9. The highest BCUT2D eigenvalue weighted by atomic mass is 32.1. The molecule has 2 aromatic heterocycles. The number of benzene rings is 1. The molecule has 0 aliphatic heterocycles. The number of urea groups is 1. The molecule has 24 heavy (non-hydrogen) atoms. The van der Waals surface area contributed by atoms with Crippen molar-refractivity contribution in [2.75, 3.05) is 13.1 Å². The van der Waals surface area contributed by atoms with Gasteiger partial charge in [0.1, 0.15) is 0 Å². The van der Waals surface area contributed by atoms with Gasteiger partial charge < -0.3 is 15.2 Å². The van der Waals surface area contributed by atoms with Gasteiger partial charge in [-0.05, 0) is 43.0 Å². The summed E-state index contributed by atoms with van der Waals surface area (Å²) in [5.41, 5.74) is 2.25. The normalized spacial score (nSPS) is 10.9. The molecule has 0 aliphatic carbocycles. The van der Waals surface area contributed by atoms with Crippen molar-refractivity contribution in [3.05, 3.63) is 52.1 Å². The number of carbonyl (C=O) groups is 1. The first-order valence-corrected chi connectivity index (χ1v) is 8.97. The lowest BCUT2D eigenvalue weighted by atomic mass is 10.1. The molecule has 2 heterocycles. The first-order valence-electron chi connectivity index (χ1n) is 8.16. The van der Waals surface area contributed by atoms with E-state index in [2.05, 4.69) is 33.5 Å². The maximum absolute atomic E-state index is 12.4. The predicted octanol–water partition coefficient (Wildman–Crippen LogP) is 3.71. The molecule has 0 radical (unpaired) electrons. The topological polar surface area (TPSA) is 61.0 Å². The minimum Gasteiger partial charge on any atom is -0.361 e. The third-order valence-electron chi connectivity index (χ3n) is 3.94. The second-order valence-corrected chi connectivity index (χ2v) is 7.08. The minimum absolute atomic E-state index is 0.0278. The van der Waals surface area contributed by atoms with Crippen molar-refractivity contribution in [3.8, 4) is 0 Å². The van der Waals surface area contributed by atoms with E-state index in [0.717, 1.165) is 22.5 Å². The Morgan fingerprint density at radius 1 is 1.38 bits per heavy atom. The van der Waals surface area contributed by atoms with Crippen molar-refractivity contribution in [1.29, 1.82) is 0 Å². The van der Waals surface area contributed by atoms with Crippen LogP contribution < -0.4 is 5.32 Å². The minimum atomic E-state index is -0.0278. The number of nitrogens with zero attached hydrogens (tertiary/aromatic N) is 2. The van der Waals surface area contributed by atoms with E-state index in [1.165, 1.54) is 10.3 Å². The van der Waals surface area contributed by atoms with Crippen LogP contribution in [0, 0.1) is 6.92 Å². The highest BCUT2D eigenvalue weighted by Crippen LogP contribution is 2.16. The Morgan fingerprint density at radius 3 is 3.00 bits per heavy atom. The second-order valence-electron chi connectivity index (χ2n) is 5.76. The molecule has 0 saturated heterocycles. The monoisotopic (exact) mass is 342 g/mol. The maximum Gasteiger partial charge on any atom is 0.317 e. The second kappa shape index (κ2) is 7.49. The van der Waals surface area contributed by atoms with Crippen molar-refractivity contribution in [3.63, 3.8) is 0 Å². The van der Waals surface area contributed by atoms with E-state index in [9.17, 15) is 4.79 Å². The molecule has 0 atom stereocenters. The average Bonchev–Trinajstić information content (AvgIpc) is 3.20. The number of rotatable bonds is 6. The Bertz CT molecular complexity index is 823. The molecule has 0 aliphatic rings. The summed E-state index contributed by atoms with van der Waals surface area (Å²) in [5, 5.41) is 5.22. The fourth-order valence-corrected chi connectivity index (χ4v) is 3.44. The Labute approximate surface area is 145 Å². The van der Waals surface area contributed by atoms with Gasteiger partial charge in [-0.15, -0.1) is 11.3 Å². The van der Waals surface area contributed by atoms with Crippen molar-refractivity contribution in [2.24, 2.45) is 0 Å². The van der Waals surface area contributed by atoms with Crippen LogP contribution in [0.1, 0.15) is 22.4 Å². The molecule has 0 unspecified atom stereocenters. The van der Waals surface area contributed by atoms with Crippen LogP contribution in [0.3, 0.4) is 0 Å². The van der Waals surface area contributed by atoms with Crippen LogP contribution >= 0.6 is 11.3 Å². The van der Waals surface area contributed by atoms with E-state index in [1.54, 1.807) is 11.3 Å². The number of H-pyrrole nitrogens is 1. The van der Waals surface area contributed by atoms with Gasteiger partial charge in [-0.25, -0.2) is 9.78 Å². The molecular weight excluding hydrogens is 320 g/mol. The first kappa shape index (κ1) is 16.5. The van der Waals surface area contributed by atoms with Gasteiger partial charge in [-0.2, -0.15) is 0 Å². The number of aryl methyl sites for hydroxylation is 1. The summed E-state index contributed by atoms with van der Waals surface area (Å²) < 4.78 is 0. The quantitative estimate of drug-likeness (QED) is 0.717. The molecule has 2 N–H and O–H groups in total. The molecule has 0 fully saturated rings. The molecule has 3 aromatic rings. The lowest BCUT2D eigenvalue weighted by molar-refractivity contribution is 0.198. The molecule has 0 saturated carbocycles. The van der Waals surface area contributed by atoms with Gasteiger partial charge in [0.05, 0.1) is 5.01 Å². The summed E-state index contributed by atoms with van der Waals surface area (Å²) in [6, 6.07) is 8.26. The molecule has 3 rings (SSSR count). The highest BCUT2D eigenvalue weighted by Gasteiger charge is 2.12. The van der Waals surface area contributed by atoms with E-state index < -0.39 is 0 Å². The van der Waals surface area contributed by atoms with Crippen molar-refractivity contribution in [1.82, 2.24) is 20.2 Å². The van der Waals surface area contributed by atoms with E-state index in [4.69, 9.17) is 0 Å². The summed E-state index contributed by atoms with van der Waals surface area (Å²) in [5.74, 6) is 0. The van der Waals surface area contributed by atoms with Crippen LogP contribution in [-0.2, 0) is 13.0 Å². The van der Waals surface area contributed by atoms with Crippen LogP contribution in [0.2, 0.25) is 0 Å². The number of thiazole rings is 1. The van der Waals surface area contributed by atoms with E-state index in [0.29, 0.717) is 19.6 Å². The van der Waals surface area contributed by atoms with Crippen molar-refractivity contribution < 1.29 is 4.79 Å². The van der Waals surface area contributed by atoms with Gasteiger partial charge in [0.2, 0.25) is 0 Å². The van der Waals surface area contributed by atoms with E-state index in [-0.39, 0.29) is 6.03 Å². The van der Waals surface area contributed by atoms with Gasteiger partial charge in [0.15, 0.2) is 0 Å². The SMILES string of the molecule is CCN(Cc1ccc2[nH]ccc2c1)C(=O)NCCc1ncc(C)s1. The van der Waals surface area contributed by atoms with Gasteiger partial charge in [0.25, 0.3) is 0 Å². The Hall–Kier alpha value is -2.34. The largest absolute Gasteiger partial charge is 0.361 e. The first-order chi connectivity index (χ1) is 11.7. The third kappa shape index (κ3) is 3.94. The molecule has 6 heteroatoms. The zero-order valence-corrected chi connectivity index (χ0v) is 14.8. The summed E-state index contributed by atoms with van der Waals surface area (Å²) >= 11 is 1.68. The number of carbonyl (C=O) groups excluding carboxylic acids is 1. The number of aromatic nitrogens is 2. The predicted molar refractivity (Wildman–Crippen MR) is 98.3 cm³/mol. The molecule has 126 valence electrons. The smallest absolute Gasteiger partial charge is 0.317 e. The number of hydrogen-bond donors (Lipinski definition) is 2. The number of fused-ring (bicyclic) bond motifs is 1. The Balaban J connectivity index is 1.55. The van der Waals surface area contributed by atoms with Gasteiger partial charge in [-0.1, -0.05) is 6.07 Å². The molecule has 2 amide bonds. The van der Waals surface area contributed by atoms with Crippen LogP contribution in [0.5, 0.6) is 0 Å². The summed E-state index contributed by atoms with van der Waals surface area (Å²) in [6.45, 7) is 5.94. The Morgan fingerprint density at radius 2 is 2.25 bits per heavy atom. The number of aromatic amines is 1. The van der Waals surface area contributed by atoms with Crippen molar-refractivity contribution in [2.45, 2.75) is 26.8 Å². The number of nitrogens with one attached hydrogen (secondary N) is 2. The molecule has 0 spiro atoms. The van der Waals surface area contributed by atoms with Crippen LogP contribution in [-0.4, -0.2) is 34.0 Å². The van der Waals surface area contributed by atoms with Crippen molar-refractivity contribution >= 4 is 28.3 Å². The van der Waals surface area contributed by atoms with Crippen LogP contribution in [0.25, 0.3) is 10.9 Å². The fraction of sp³-hybridized carbons (Fsp3) is 0.333. The van der Waals surface area contributed by atoms with Gasteiger partial charge in [0, 0.05) is 48.8 Å². The summed E-state index contributed by atoms with van der Waals surface area (Å²) in [6.07, 6.45) is 4.58. The van der Waals surface area contributed by atoms with Gasteiger partial charge in [-0.3, -0.25) is 0 Å². The molecular formula is C18H22N4OS. The molecule has 0 bridgehead atoms. The maximum atomic E-state index is 12.4.